The number of rotatable bonds is 2. The molecule has 4 heteroatoms. The minimum absolute atomic E-state index is 0.529. The lowest BCUT2D eigenvalue weighted by atomic mass is 10.2. The maximum atomic E-state index is 5.65. The van der Waals surface area contributed by atoms with E-state index >= 15 is 0 Å². The number of fused-ring (bicyclic) bond motifs is 1. The number of benzene rings is 1. The lowest BCUT2D eigenvalue weighted by Gasteiger charge is -1.99. The van der Waals surface area contributed by atoms with Gasteiger partial charge in [-0.25, -0.2) is 4.98 Å². The van der Waals surface area contributed by atoms with Crippen LogP contribution in [0.4, 0.5) is 0 Å². The first-order valence-electron chi connectivity index (χ1n) is 5.91. The fourth-order valence-corrected chi connectivity index (χ4v) is 2.15. The van der Waals surface area contributed by atoms with Gasteiger partial charge in [-0.1, -0.05) is 6.07 Å². The van der Waals surface area contributed by atoms with Crippen molar-refractivity contribution in [3.05, 3.63) is 41.7 Å². The summed E-state index contributed by atoms with van der Waals surface area (Å²) >= 11 is 0. The van der Waals surface area contributed by atoms with E-state index in [-0.39, 0.29) is 0 Å². The molecule has 0 atom stereocenters. The zero-order valence-electron chi connectivity index (χ0n) is 10.5. The fourth-order valence-electron chi connectivity index (χ4n) is 2.15. The van der Waals surface area contributed by atoms with Crippen molar-refractivity contribution in [3.63, 3.8) is 0 Å². The normalized spacial score (nSPS) is 11.3. The molecular weight excluding hydrogens is 226 g/mol. The van der Waals surface area contributed by atoms with Crippen molar-refractivity contribution in [1.29, 1.82) is 0 Å². The number of nitrogens with two attached hydrogens (primary N) is 1. The number of hydrogen-bond acceptors (Lipinski definition) is 3. The number of aryl methyl sites for hydroxylation is 2. The second-order valence-electron chi connectivity index (χ2n) is 4.43. The molecule has 4 nitrogen and oxygen atoms in total. The van der Waals surface area contributed by atoms with Crippen molar-refractivity contribution >= 4 is 11.0 Å². The number of imidazole rings is 1. The maximum absolute atomic E-state index is 5.65. The quantitative estimate of drug-likeness (QED) is 0.750. The van der Waals surface area contributed by atoms with Gasteiger partial charge in [-0.3, -0.25) is 0 Å². The molecule has 2 aromatic heterocycles. The summed E-state index contributed by atoms with van der Waals surface area (Å²) in [6, 6.07) is 9.99. The molecule has 3 aromatic rings. The van der Waals surface area contributed by atoms with Gasteiger partial charge in [0, 0.05) is 13.6 Å². The van der Waals surface area contributed by atoms with E-state index in [0.717, 1.165) is 33.9 Å². The van der Waals surface area contributed by atoms with Gasteiger partial charge in [0.1, 0.15) is 5.76 Å². The largest absolute Gasteiger partial charge is 0.458 e. The topological polar surface area (TPSA) is 57.0 Å². The molecule has 18 heavy (non-hydrogen) atoms. The third kappa shape index (κ3) is 1.62. The van der Waals surface area contributed by atoms with E-state index in [1.54, 1.807) is 0 Å². The molecule has 0 saturated carbocycles. The molecule has 2 N–H and O–H groups in total. The Balaban J connectivity index is 2.22. The first-order valence-corrected chi connectivity index (χ1v) is 5.91. The highest BCUT2D eigenvalue weighted by Crippen LogP contribution is 2.25. The van der Waals surface area contributed by atoms with Crippen LogP contribution in [0.3, 0.4) is 0 Å². The second-order valence-corrected chi connectivity index (χ2v) is 4.43. The third-order valence-corrected chi connectivity index (χ3v) is 3.14. The van der Waals surface area contributed by atoms with E-state index in [0.29, 0.717) is 6.54 Å². The molecule has 0 amide bonds. The molecule has 0 bridgehead atoms. The Hall–Kier alpha value is -2.07. The summed E-state index contributed by atoms with van der Waals surface area (Å²) in [7, 11) is 1.99. The molecule has 3 rings (SSSR count). The van der Waals surface area contributed by atoms with Crippen LogP contribution in [0.5, 0.6) is 0 Å². The summed E-state index contributed by atoms with van der Waals surface area (Å²) in [6.07, 6.45) is 0. The molecule has 0 saturated heterocycles. The highest BCUT2D eigenvalue weighted by Gasteiger charge is 2.12. The first-order chi connectivity index (χ1) is 8.69. The summed E-state index contributed by atoms with van der Waals surface area (Å²) in [6.45, 7) is 2.46. The lowest BCUT2D eigenvalue weighted by Crippen LogP contribution is -1.95. The van der Waals surface area contributed by atoms with Crippen LogP contribution in [0, 0.1) is 6.92 Å². The van der Waals surface area contributed by atoms with Crippen molar-refractivity contribution in [2.45, 2.75) is 13.5 Å². The Labute approximate surface area is 105 Å². The van der Waals surface area contributed by atoms with Gasteiger partial charge in [-0.2, -0.15) is 0 Å². The number of nitrogens with zero attached hydrogens (tertiary/aromatic N) is 2. The zero-order valence-corrected chi connectivity index (χ0v) is 10.5. The Kier molecular flexibility index (Phi) is 2.45. The van der Waals surface area contributed by atoms with E-state index < -0.39 is 0 Å². The smallest absolute Gasteiger partial charge is 0.176 e. The molecule has 0 spiro atoms. The van der Waals surface area contributed by atoms with Crippen LogP contribution in [0.15, 0.2) is 34.7 Å². The third-order valence-electron chi connectivity index (χ3n) is 3.14. The zero-order chi connectivity index (χ0) is 12.7. The first kappa shape index (κ1) is 11.0. The summed E-state index contributed by atoms with van der Waals surface area (Å²) in [5, 5.41) is 0. The van der Waals surface area contributed by atoms with Crippen LogP contribution in [0.2, 0.25) is 0 Å². The van der Waals surface area contributed by atoms with Crippen LogP contribution < -0.4 is 5.73 Å². The Morgan fingerprint density at radius 3 is 2.78 bits per heavy atom. The Morgan fingerprint density at radius 2 is 2.11 bits per heavy atom. The van der Waals surface area contributed by atoms with Crippen molar-refractivity contribution in [3.8, 4) is 11.6 Å². The molecule has 0 aliphatic heterocycles. The average molecular weight is 241 g/mol. The van der Waals surface area contributed by atoms with Gasteiger partial charge in [0.25, 0.3) is 0 Å². The maximum Gasteiger partial charge on any atom is 0.176 e. The molecule has 2 heterocycles. The average Bonchev–Trinajstić information content (AvgIpc) is 2.93. The molecule has 0 unspecified atom stereocenters. The van der Waals surface area contributed by atoms with Crippen molar-refractivity contribution < 1.29 is 4.42 Å². The van der Waals surface area contributed by atoms with Gasteiger partial charge in [-0.05, 0) is 36.8 Å². The van der Waals surface area contributed by atoms with Gasteiger partial charge in [0.05, 0.1) is 11.0 Å². The van der Waals surface area contributed by atoms with Crippen molar-refractivity contribution in [2.24, 2.45) is 12.8 Å². The summed E-state index contributed by atoms with van der Waals surface area (Å²) < 4.78 is 7.66. The van der Waals surface area contributed by atoms with E-state index in [1.807, 2.05) is 48.9 Å². The number of aromatic nitrogens is 2. The van der Waals surface area contributed by atoms with Crippen molar-refractivity contribution in [2.75, 3.05) is 0 Å². The fraction of sp³-hybridized carbons (Fsp3) is 0.214. The molecule has 0 radical (unpaired) electrons. The predicted octanol–water partition coefficient (Wildman–Crippen LogP) is 2.60. The predicted molar refractivity (Wildman–Crippen MR) is 71.0 cm³/mol. The molecule has 1 aromatic carbocycles. The summed E-state index contributed by atoms with van der Waals surface area (Å²) in [5.41, 5.74) is 8.76. The van der Waals surface area contributed by atoms with Crippen LogP contribution in [-0.2, 0) is 13.6 Å². The van der Waals surface area contributed by atoms with Crippen molar-refractivity contribution in [1.82, 2.24) is 9.55 Å². The van der Waals surface area contributed by atoms with Gasteiger partial charge in [-0.15, -0.1) is 0 Å². The monoisotopic (exact) mass is 241 g/mol. The van der Waals surface area contributed by atoms with Crippen LogP contribution in [0.1, 0.15) is 11.3 Å². The highest BCUT2D eigenvalue weighted by atomic mass is 16.3. The van der Waals surface area contributed by atoms with Crippen LogP contribution >= 0.6 is 0 Å². The Bertz CT molecular complexity index is 709. The van der Waals surface area contributed by atoms with E-state index in [4.69, 9.17) is 10.2 Å². The molecular formula is C14H15N3O. The van der Waals surface area contributed by atoms with Gasteiger partial charge in [0.2, 0.25) is 0 Å². The number of furan rings is 1. The minimum atomic E-state index is 0.529. The van der Waals surface area contributed by atoms with E-state index in [1.165, 1.54) is 0 Å². The van der Waals surface area contributed by atoms with E-state index in [2.05, 4.69) is 4.98 Å². The van der Waals surface area contributed by atoms with Crippen LogP contribution in [-0.4, -0.2) is 9.55 Å². The molecule has 0 fully saturated rings. The van der Waals surface area contributed by atoms with Gasteiger partial charge >= 0.3 is 0 Å². The Morgan fingerprint density at radius 1 is 1.28 bits per heavy atom. The van der Waals surface area contributed by atoms with Crippen LogP contribution in [0.25, 0.3) is 22.6 Å². The molecule has 0 aliphatic carbocycles. The van der Waals surface area contributed by atoms with Gasteiger partial charge in [0.15, 0.2) is 11.6 Å². The van der Waals surface area contributed by atoms with E-state index in [9.17, 15) is 0 Å². The highest BCUT2D eigenvalue weighted by molar-refractivity contribution is 5.80. The molecule has 92 valence electrons. The lowest BCUT2D eigenvalue weighted by molar-refractivity contribution is 0.542. The summed E-state index contributed by atoms with van der Waals surface area (Å²) in [5.74, 6) is 2.52. The second kappa shape index (κ2) is 3.99. The van der Waals surface area contributed by atoms with Gasteiger partial charge < -0.3 is 14.7 Å². The molecule has 0 aliphatic rings. The summed E-state index contributed by atoms with van der Waals surface area (Å²) in [4.78, 5) is 4.62. The standard InChI is InChI=1S/C14H15N3O/c1-9-3-6-13(18-9)14-16-11-7-10(8-15)4-5-12(11)17(14)2/h3-7H,8,15H2,1-2H3. The minimum Gasteiger partial charge on any atom is -0.458 e. The number of hydrogen-bond donors (Lipinski definition) is 1. The SMILES string of the molecule is Cc1ccc(-c2nc3cc(CN)ccc3n2C)o1.